The maximum absolute atomic E-state index is 10.7. The van der Waals surface area contributed by atoms with Gasteiger partial charge in [0.05, 0.1) is 6.04 Å². The quantitative estimate of drug-likeness (QED) is 0.663. The van der Waals surface area contributed by atoms with Gasteiger partial charge in [-0.1, -0.05) is 24.4 Å². The van der Waals surface area contributed by atoms with Crippen molar-refractivity contribution < 1.29 is 0 Å². The minimum atomic E-state index is -0.347. The monoisotopic (exact) mass is 168 g/mol. The second-order valence-corrected chi connectivity index (χ2v) is 3.24. The summed E-state index contributed by atoms with van der Waals surface area (Å²) in [5, 5.41) is 9.72. The molecule has 1 fully saturated rings. The maximum atomic E-state index is 10.7. The Morgan fingerprint density at radius 2 is 2.08 bits per heavy atom. The van der Waals surface area contributed by atoms with Gasteiger partial charge in [-0.15, -0.1) is 0 Å². The summed E-state index contributed by atoms with van der Waals surface area (Å²) in [6.07, 6.45) is 5.98. The fourth-order valence-corrected chi connectivity index (χ4v) is 1.72. The van der Waals surface area contributed by atoms with Gasteiger partial charge in [0.25, 0.3) is 0 Å². The molecule has 0 aromatic carbocycles. The number of rotatable bonds is 1. The Kier molecular flexibility index (Phi) is 1.93. The van der Waals surface area contributed by atoms with Crippen molar-refractivity contribution in [3.8, 4) is 0 Å². The molecule has 12 heavy (non-hydrogen) atoms. The highest BCUT2D eigenvalue weighted by Gasteiger charge is 2.16. The first-order valence-corrected chi connectivity index (χ1v) is 4.38. The van der Waals surface area contributed by atoms with Crippen LogP contribution in [0.5, 0.6) is 0 Å². The van der Waals surface area contributed by atoms with Crippen LogP contribution in [0.25, 0.3) is 0 Å². The molecule has 0 saturated heterocycles. The Morgan fingerprint density at radius 3 is 2.67 bits per heavy atom. The first kappa shape index (κ1) is 7.52. The highest BCUT2D eigenvalue weighted by Crippen LogP contribution is 2.25. The number of aromatic nitrogens is 4. The number of tetrazole rings is 1. The largest absolute Gasteiger partial charge is 0.381 e. The van der Waals surface area contributed by atoms with Crippen LogP contribution in [0.4, 0.5) is 0 Å². The van der Waals surface area contributed by atoms with Crippen LogP contribution in [0.15, 0.2) is 4.79 Å². The lowest BCUT2D eigenvalue weighted by atomic mass is 9.96. The van der Waals surface area contributed by atoms with Crippen LogP contribution in [0, 0.1) is 0 Å². The van der Waals surface area contributed by atoms with Gasteiger partial charge in [0.1, 0.15) is 0 Å². The summed E-state index contributed by atoms with van der Waals surface area (Å²) in [7, 11) is 0. The predicted octanol–water partition coefficient (Wildman–Crippen LogP) is 0.472. The van der Waals surface area contributed by atoms with Crippen molar-refractivity contribution >= 4 is 0 Å². The van der Waals surface area contributed by atoms with E-state index in [0.717, 1.165) is 12.8 Å². The van der Waals surface area contributed by atoms with Crippen LogP contribution in [-0.2, 0) is 0 Å². The molecule has 0 unspecified atom stereocenters. The summed E-state index contributed by atoms with van der Waals surface area (Å²) in [6.45, 7) is 0. The molecule has 1 saturated carbocycles. The van der Waals surface area contributed by atoms with Crippen LogP contribution in [0.2, 0.25) is 0 Å². The van der Waals surface area contributed by atoms with Crippen LogP contribution in [0.3, 0.4) is 0 Å². The second-order valence-electron chi connectivity index (χ2n) is 3.24. The van der Waals surface area contributed by atoms with Crippen molar-refractivity contribution in [1.82, 2.24) is 20.2 Å². The average molecular weight is 168 g/mol. The fraction of sp³-hybridized carbons (Fsp3) is 0.857. The molecule has 1 aliphatic carbocycles. The molecule has 5 heteroatoms. The molecule has 1 aromatic heterocycles. The molecule has 66 valence electrons. The van der Waals surface area contributed by atoms with Crippen molar-refractivity contribution in [1.29, 1.82) is 0 Å². The van der Waals surface area contributed by atoms with Gasteiger partial charge in [0, 0.05) is 0 Å². The number of nitrogens with one attached hydrogen (secondary N) is 1. The van der Waals surface area contributed by atoms with Gasteiger partial charge in [-0.2, -0.15) is 4.80 Å². The Balaban J connectivity index is 2.13. The zero-order valence-corrected chi connectivity index (χ0v) is 6.86. The van der Waals surface area contributed by atoms with E-state index in [0.29, 0.717) is 6.04 Å². The molecular weight excluding hydrogens is 156 g/mol. The van der Waals surface area contributed by atoms with Gasteiger partial charge >= 0.3 is 5.69 Å². The van der Waals surface area contributed by atoms with E-state index in [1.807, 2.05) is 0 Å². The maximum Gasteiger partial charge on any atom is 0.381 e. The number of hydrogen-bond acceptors (Lipinski definition) is 3. The van der Waals surface area contributed by atoms with E-state index < -0.39 is 0 Å². The van der Waals surface area contributed by atoms with Gasteiger partial charge in [0.15, 0.2) is 0 Å². The van der Waals surface area contributed by atoms with Crippen molar-refractivity contribution in [3.05, 3.63) is 10.5 Å². The van der Waals surface area contributed by atoms with E-state index in [-0.39, 0.29) is 5.69 Å². The molecule has 2 rings (SSSR count). The topological polar surface area (TPSA) is 63.6 Å². The van der Waals surface area contributed by atoms with Crippen molar-refractivity contribution in [2.75, 3.05) is 0 Å². The first-order chi connectivity index (χ1) is 5.86. The molecule has 0 amide bonds. The van der Waals surface area contributed by atoms with Gasteiger partial charge in [-0.25, -0.2) is 9.89 Å². The molecule has 0 radical (unpaired) electrons. The predicted molar refractivity (Wildman–Crippen MR) is 42.8 cm³/mol. The van der Waals surface area contributed by atoms with Crippen LogP contribution in [-0.4, -0.2) is 20.2 Å². The number of aromatic amines is 1. The summed E-state index contributed by atoms with van der Waals surface area (Å²) in [6, 6.07) is 0.369. The molecule has 0 spiro atoms. The summed E-state index contributed by atoms with van der Waals surface area (Å²) in [4.78, 5) is 12.3. The Hall–Kier alpha value is -1.13. The van der Waals surface area contributed by atoms with Crippen molar-refractivity contribution in [2.24, 2.45) is 0 Å². The van der Waals surface area contributed by atoms with E-state index in [4.69, 9.17) is 0 Å². The minimum absolute atomic E-state index is 0.347. The summed E-state index contributed by atoms with van der Waals surface area (Å²) < 4.78 is 0. The van der Waals surface area contributed by atoms with E-state index in [2.05, 4.69) is 15.4 Å². The van der Waals surface area contributed by atoms with E-state index in [1.165, 1.54) is 19.3 Å². The lowest BCUT2D eigenvalue weighted by Crippen LogP contribution is -2.17. The molecule has 0 aliphatic heterocycles. The molecule has 1 aromatic rings. The lowest BCUT2D eigenvalue weighted by molar-refractivity contribution is 0.296. The van der Waals surface area contributed by atoms with Crippen LogP contribution >= 0.6 is 0 Å². The lowest BCUT2D eigenvalue weighted by Gasteiger charge is -2.19. The molecule has 1 heterocycles. The number of nitrogens with zero attached hydrogens (tertiary/aromatic N) is 3. The smallest absolute Gasteiger partial charge is 0.242 e. The molecule has 1 N–H and O–H groups in total. The highest BCUT2D eigenvalue weighted by atomic mass is 16.2. The van der Waals surface area contributed by atoms with Crippen molar-refractivity contribution in [2.45, 2.75) is 38.1 Å². The summed E-state index contributed by atoms with van der Waals surface area (Å²) >= 11 is 0. The normalized spacial score (nSPS) is 19.7. The number of H-pyrrole nitrogens is 1. The number of hydrogen-bond donors (Lipinski definition) is 1. The van der Waals surface area contributed by atoms with Gasteiger partial charge in [-0.3, -0.25) is 0 Å². The Bertz CT molecular complexity index is 296. The Morgan fingerprint density at radius 1 is 1.33 bits per heavy atom. The second kappa shape index (κ2) is 3.08. The third-order valence-electron chi connectivity index (χ3n) is 2.36. The van der Waals surface area contributed by atoms with Crippen LogP contribution < -0.4 is 5.69 Å². The van der Waals surface area contributed by atoms with Gasteiger partial charge in [0.2, 0.25) is 0 Å². The SMILES string of the molecule is O=c1nnn(C2CCCCC2)[nH]1. The third-order valence-corrected chi connectivity index (χ3v) is 2.36. The van der Waals surface area contributed by atoms with Gasteiger partial charge in [-0.05, 0) is 18.1 Å². The molecule has 0 atom stereocenters. The van der Waals surface area contributed by atoms with E-state index in [9.17, 15) is 4.79 Å². The zero-order valence-electron chi connectivity index (χ0n) is 6.86. The van der Waals surface area contributed by atoms with Crippen molar-refractivity contribution in [3.63, 3.8) is 0 Å². The van der Waals surface area contributed by atoms with E-state index >= 15 is 0 Å². The standard InChI is InChI=1S/C7H12N4O/c12-7-8-10-11(9-7)6-4-2-1-3-5-6/h6H,1-5H2,(H,9,12). The fourth-order valence-electron chi connectivity index (χ4n) is 1.72. The van der Waals surface area contributed by atoms with E-state index in [1.54, 1.807) is 4.80 Å². The highest BCUT2D eigenvalue weighted by molar-refractivity contribution is 4.67. The average Bonchev–Trinajstić information content (AvgIpc) is 2.54. The molecular formula is C7H12N4O. The third kappa shape index (κ3) is 1.39. The zero-order chi connectivity index (χ0) is 8.39. The first-order valence-electron chi connectivity index (χ1n) is 4.38. The molecule has 0 bridgehead atoms. The Labute approximate surface area is 69.8 Å². The summed E-state index contributed by atoms with van der Waals surface area (Å²) in [5.74, 6) is 0. The molecule has 5 nitrogen and oxygen atoms in total. The minimum Gasteiger partial charge on any atom is -0.242 e. The molecule has 1 aliphatic rings. The summed E-state index contributed by atoms with van der Waals surface area (Å²) in [5.41, 5.74) is -0.347. The van der Waals surface area contributed by atoms with Gasteiger partial charge < -0.3 is 0 Å². The van der Waals surface area contributed by atoms with Crippen LogP contribution in [0.1, 0.15) is 38.1 Å².